The summed E-state index contributed by atoms with van der Waals surface area (Å²) < 4.78 is 10.8. The van der Waals surface area contributed by atoms with Crippen LogP contribution in [-0.2, 0) is 15.0 Å². The topological polar surface area (TPSA) is 76.7 Å². The van der Waals surface area contributed by atoms with Crippen molar-refractivity contribution in [2.75, 3.05) is 24.4 Å². The quantitative estimate of drug-likeness (QED) is 0.826. The first-order valence-corrected chi connectivity index (χ1v) is 9.64. The molecule has 2 N–H and O–H groups in total. The number of hydrogen-bond acceptors (Lipinski definition) is 4. The van der Waals surface area contributed by atoms with Gasteiger partial charge in [0.15, 0.2) is 18.1 Å². The molecule has 0 aromatic heterocycles. The van der Waals surface area contributed by atoms with Gasteiger partial charge in [-0.05, 0) is 48.7 Å². The van der Waals surface area contributed by atoms with Gasteiger partial charge in [0.05, 0.1) is 12.5 Å². The van der Waals surface area contributed by atoms with Crippen molar-refractivity contribution in [3.63, 3.8) is 0 Å². The third kappa shape index (κ3) is 3.30. The largest absolute Gasteiger partial charge is 0.493 e. The monoisotopic (exact) mass is 380 g/mol. The molecule has 1 spiro atoms. The van der Waals surface area contributed by atoms with Gasteiger partial charge in [-0.2, -0.15) is 0 Å². The van der Waals surface area contributed by atoms with Gasteiger partial charge in [0.1, 0.15) is 0 Å². The Morgan fingerprint density at radius 3 is 2.61 bits per heavy atom. The maximum Gasteiger partial charge on any atom is 0.262 e. The Bertz CT molecular complexity index is 903. The van der Waals surface area contributed by atoms with Gasteiger partial charge in [-0.15, -0.1) is 0 Å². The Kier molecular flexibility index (Phi) is 4.94. The van der Waals surface area contributed by atoms with Gasteiger partial charge in [-0.25, -0.2) is 0 Å². The minimum atomic E-state index is -0.442. The van der Waals surface area contributed by atoms with Crippen molar-refractivity contribution in [1.82, 2.24) is 0 Å². The zero-order valence-electron chi connectivity index (χ0n) is 15.9. The molecule has 1 saturated carbocycles. The number of anilines is 2. The first kappa shape index (κ1) is 18.3. The van der Waals surface area contributed by atoms with Crippen LogP contribution in [0.2, 0.25) is 0 Å². The fraction of sp³-hybridized carbons (Fsp3) is 0.364. The molecule has 0 unspecified atom stereocenters. The standard InChI is InChI=1S/C22H24N2O4/c1-27-18-7-3-4-8-19(18)28-14-20(25)23-15-9-10-17-16(13-15)22(21(26)24-17)11-5-2-6-12-22/h3-4,7-10,13H,2,5-6,11-12,14H2,1H3,(H,23,25)(H,24,26). The number of hydrogen-bond donors (Lipinski definition) is 2. The predicted octanol–water partition coefficient (Wildman–Crippen LogP) is 3.87. The van der Waals surface area contributed by atoms with Crippen LogP contribution in [0.1, 0.15) is 37.7 Å². The van der Waals surface area contributed by atoms with E-state index in [9.17, 15) is 9.59 Å². The molecule has 146 valence electrons. The molecule has 28 heavy (non-hydrogen) atoms. The molecule has 6 nitrogen and oxygen atoms in total. The van der Waals surface area contributed by atoms with E-state index in [1.54, 1.807) is 19.2 Å². The van der Waals surface area contributed by atoms with Gasteiger partial charge < -0.3 is 20.1 Å². The number of ether oxygens (including phenoxy) is 2. The van der Waals surface area contributed by atoms with Gasteiger partial charge in [0, 0.05) is 11.4 Å². The number of carbonyl (C=O) groups excluding carboxylic acids is 2. The first-order valence-electron chi connectivity index (χ1n) is 9.64. The highest BCUT2D eigenvalue weighted by molar-refractivity contribution is 6.07. The number of benzene rings is 2. The second-order valence-electron chi connectivity index (χ2n) is 7.34. The van der Waals surface area contributed by atoms with Gasteiger partial charge in [0.2, 0.25) is 5.91 Å². The Hall–Kier alpha value is -3.02. The zero-order chi connectivity index (χ0) is 19.6. The summed E-state index contributed by atoms with van der Waals surface area (Å²) >= 11 is 0. The van der Waals surface area contributed by atoms with Crippen LogP contribution in [-0.4, -0.2) is 25.5 Å². The Labute approximate surface area is 164 Å². The molecule has 0 atom stereocenters. The van der Waals surface area contributed by atoms with Crippen molar-refractivity contribution >= 4 is 23.2 Å². The van der Waals surface area contributed by atoms with Crippen LogP contribution in [0.4, 0.5) is 11.4 Å². The van der Waals surface area contributed by atoms with E-state index < -0.39 is 5.41 Å². The number of methoxy groups -OCH3 is 1. The molecule has 2 amide bonds. The van der Waals surface area contributed by atoms with E-state index in [0.29, 0.717) is 17.2 Å². The molecule has 2 aromatic rings. The molecule has 6 heteroatoms. The third-order valence-corrected chi connectivity index (χ3v) is 5.64. The van der Waals surface area contributed by atoms with E-state index in [2.05, 4.69) is 10.6 Å². The van der Waals surface area contributed by atoms with Crippen LogP contribution in [0, 0.1) is 0 Å². The molecule has 0 radical (unpaired) electrons. The van der Waals surface area contributed by atoms with Crippen LogP contribution in [0.15, 0.2) is 42.5 Å². The summed E-state index contributed by atoms with van der Waals surface area (Å²) in [6.07, 6.45) is 4.99. The lowest BCUT2D eigenvalue weighted by atomic mass is 9.70. The lowest BCUT2D eigenvalue weighted by molar-refractivity contribution is -0.122. The molecule has 2 aliphatic rings. The molecule has 1 fully saturated rings. The highest BCUT2D eigenvalue weighted by Gasteiger charge is 2.47. The zero-order valence-corrected chi connectivity index (χ0v) is 15.9. The number of rotatable bonds is 5. The molecule has 0 saturated heterocycles. The average molecular weight is 380 g/mol. The summed E-state index contributed by atoms with van der Waals surface area (Å²) in [5, 5.41) is 5.88. The van der Waals surface area contributed by atoms with E-state index in [1.165, 1.54) is 6.42 Å². The van der Waals surface area contributed by atoms with Crippen molar-refractivity contribution in [1.29, 1.82) is 0 Å². The summed E-state index contributed by atoms with van der Waals surface area (Å²) in [6.45, 7) is -0.125. The lowest BCUT2D eigenvalue weighted by Gasteiger charge is -2.31. The van der Waals surface area contributed by atoms with E-state index in [-0.39, 0.29) is 18.4 Å². The molecule has 1 heterocycles. The fourth-order valence-electron chi connectivity index (χ4n) is 4.22. The summed E-state index contributed by atoms with van der Waals surface area (Å²) in [6, 6.07) is 12.8. The summed E-state index contributed by atoms with van der Waals surface area (Å²) in [7, 11) is 1.56. The molecule has 1 aliphatic heterocycles. The normalized spacial score (nSPS) is 17.0. The van der Waals surface area contributed by atoms with Gasteiger partial charge in [-0.3, -0.25) is 9.59 Å². The maximum atomic E-state index is 12.6. The molecule has 0 bridgehead atoms. The highest BCUT2D eigenvalue weighted by Crippen LogP contribution is 2.48. The van der Waals surface area contributed by atoms with Crippen LogP contribution < -0.4 is 20.1 Å². The Balaban J connectivity index is 1.46. The lowest BCUT2D eigenvalue weighted by Crippen LogP contribution is -2.36. The minimum Gasteiger partial charge on any atom is -0.493 e. The smallest absolute Gasteiger partial charge is 0.262 e. The van der Waals surface area contributed by atoms with Crippen LogP contribution in [0.5, 0.6) is 11.5 Å². The number of nitrogens with one attached hydrogen (secondary N) is 2. The van der Waals surface area contributed by atoms with E-state index in [4.69, 9.17) is 9.47 Å². The second kappa shape index (κ2) is 7.54. The highest BCUT2D eigenvalue weighted by atomic mass is 16.5. The number of fused-ring (bicyclic) bond motifs is 2. The summed E-state index contributed by atoms with van der Waals surface area (Å²) in [5.41, 5.74) is 2.09. The molecule has 2 aromatic carbocycles. The van der Waals surface area contributed by atoms with E-state index in [0.717, 1.165) is 36.9 Å². The Morgan fingerprint density at radius 1 is 1.11 bits per heavy atom. The minimum absolute atomic E-state index is 0.0881. The maximum absolute atomic E-state index is 12.6. The third-order valence-electron chi connectivity index (χ3n) is 5.64. The van der Waals surface area contributed by atoms with Crippen LogP contribution in [0.25, 0.3) is 0 Å². The van der Waals surface area contributed by atoms with Crippen LogP contribution >= 0.6 is 0 Å². The van der Waals surface area contributed by atoms with Gasteiger partial charge in [-0.1, -0.05) is 31.4 Å². The second-order valence-corrected chi connectivity index (χ2v) is 7.34. The fourth-order valence-corrected chi connectivity index (χ4v) is 4.22. The predicted molar refractivity (Wildman–Crippen MR) is 107 cm³/mol. The van der Waals surface area contributed by atoms with Crippen molar-refractivity contribution < 1.29 is 19.1 Å². The molecule has 4 rings (SSSR count). The molecular weight excluding hydrogens is 356 g/mol. The summed E-state index contributed by atoms with van der Waals surface area (Å²) in [4.78, 5) is 25.0. The van der Waals surface area contributed by atoms with E-state index in [1.807, 2.05) is 30.3 Å². The van der Waals surface area contributed by atoms with E-state index >= 15 is 0 Å². The summed E-state index contributed by atoms with van der Waals surface area (Å²) in [5.74, 6) is 0.924. The number of para-hydroxylation sites is 2. The van der Waals surface area contributed by atoms with Crippen molar-refractivity contribution in [3.8, 4) is 11.5 Å². The van der Waals surface area contributed by atoms with Crippen molar-refractivity contribution in [2.24, 2.45) is 0 Å². The Morgan fingerprint density at radius 2 is 1.86 bits per heavy atom. The van der Waals surface area contributed by atoms with Gasteiger partial charge >= 0.3 is 0 Å². The van der Waals surface area contributed by atoms with Crippen LogP contribution in [0.3, 0.4) is 0 Å². The van der Waals surface area contributed by atoms with Crippen molar-refractivity contribution in [2.45, 2.75) is 37.5 Å². The molecule has 1 aliphatic carbocycles. The van der Waals surface area contributed by atoms with Crippen molar-refractivity contribution in [3.05, 3.63) is 48.0 Å². The molecular formula is C22H24N2O4. The SMILES string of the molecule is COc1ccccc1OCC(=O)Nc1ccc2c(c1)C1(CCCCC1)C(=O)N2. The first-order chi connectivity index (χ1) is 13.6. The number of carbonyl (C=O) groups is 2. The van der Waals surface area contributed by atoms with Gasteiger partial charge in [0.25, 0.3) is 5.91 Å². The number of amides is 2. The average Bonchev–Trinajstić information content (AvgIpc) is 2.98.